The van der Waals surface area contributed by atoms with Crippen molar-refractivity contribution in [3.05, 3.63) is 249 Å². The molecule has 8 aromatic rings. The van der Waals surface area contributed by atoms with Crippen molar-refractivity contribution >= 4 is 67.6 Å². The number of carbonyl (C=O) groups is 2. The summed E-state index contributed by atoms with van der Waals surface area (Å²) in [4.78, 5) is 40.9. The molecule has 8 fully saturated rings. The zero-order valence-corrected chi connectivity index (χ0v) is 92.9. The molecule has 0 bridgehead atoms. The van der Waals surface area contributed by atoms with E-state index in [-0.39, 0.29) is 55.1 Å². The van der Waals surface area contributed by atoms with E-state index in [0.29, 0.717) is 31.3 Å². The van der Waals surface area contributed by atoms with E-state index in [0.717, 1.165) is 181 Å². The average Bonchev–Trinajstić information content (AvgIpc) is 0.836. The molecule has 20 heteroatoms. The fourth-order valence-electron chi connectivity index (χ4n) is 18.1. The molecular formula is C120H180ClN9O9S. The number of nitrogens with zero attached hydrogens (tertiary/aromatic N) is 9. The molecule has 18 nitrogen and oxygen atoms in total. The summed E-state index contributed by atoms with van der Waals surface area (Å²) >= 11 is 6.39. The Morgan fingerprint density at radius 2 is 0.564 bits per heavy atom. The Morgan fingerprint density at radius 3 is 0.886 bits per heavy atom. The molecule has 2 amide bonds. The van der Waals surface area contributed by atoms with Crippen LogP contribution in [0.4, 0.5) is 34.1 Å². The highest BCUT2D eigenvalue weighted by Crippen LogP contribution is 2.38. The zero-order chi connectivity index (χ0) is 103. The van der Waals surface area contributed by atoms with Gasteiger partial charge in [0.2, 0.25) is 21.8 Å². The number of halogens is 1. The Morgan fingerprint density at radius 1 is 0.293 bits per heavy atom. The number of piperazine rings is 3. The first-order valence-electron chi connectivity index (χ1n) is 52.1. The van der Waals surface area contributed by atoms with Crippen LogP contribution in [0.3, 0.4) is 0 Å². The third-order valence-electron chi connectivity index (χ3n) is 27.9. The maximum atomic E-state index is 11.7. The molecule has 0 radical (unpaired) electrons. The topological polar surface area (TPSA) is 144 Å². The van der Waals surface area contributed by atoms with E-state index >= 15 is 0 Å². The van der Waals surface area contributed by atoms with Crippen LogP contribution in [0.1, 0.15) is 280 Å². The van der Waals surface area contributed by atoms with Crippen molar-refractivity contribution in [2.24, 2.45) is 0 Å². The van der Waals surface area contributed by atoms with Crippen LogP contribution in [0, 0.1) is 0 Å². The van der Waals surface area contributed by atoms with Gasteiger partial charge in [-0.15, -0.1) is 0 Å². The first-order valence-corrected chi connectivity index (χ1v) is 54.4. The van der Waals surface area contributed by atoms with Crippen molar-refractivity contribution < 1.29 is 41.7 Å². The summed E-state index contributed by atoms with van der Waals surface area (Å²) in [7, 11) is -3.05. The third kappa shape index (κ3) is 37.0. The van der Waals surface area contributed by atoms with E-state index in [1.54, 1.807) is 11.2 Å². The number of hydrogen-bond donors (Lipinski definition) is 0. The van der Waals surface area contributed by atoms with Crippen molar-refractivity contribution in [3.8, 4) is 0 Å². The Labute approximate surface area is 853 Å². The van der Waals surface area contributed by atoms with Crippen molar-refractivity contribution in [2.45, 2.75) is 267 Å². The monoisotopic (exact) mass is 1960 g/mol. The number of morpholine rings is 3. The van der Waals surface area contributed by atoms with E-state index in [2.05, 4.69) is 384 Å². The molecular weight excluding hydrogens is 1780 g/mol. The Hall–Kier alpha value is -8.50. The molecule has 16 rings (SSSR count). The number of ether oxygens (including phenoxy) is 5. The smallest absolute Gasteiger partial charge is 0.222 e. The molecule has 140 heavy (non-hydrogen) atoms. The summed E-state index contributed by atoms with van der Waals surface area (Å²) < 4.78 is 51.4. The normalized spacial score (nSPS) is 17.6. The summed E-state index contributed by atoms with van der Waals surface area (Å²) in [6, 6.07) is 68.8. The Balaban J connectivity index is 0.000000179. The Kier molecular flexibility index (Phi) is 43.0. The number of carbonyl (C=O) groups excluding carboxylic acids is 2. The Bertz CT molecular complexity index is 4970. The highest BCUT2D eigenvalue weighted by Gasteiger charge is 2.30. The second kappa shape index (κ2) is 52.3. The van der Waals surface area contributed by atoms with E-state index < -0.39 is 10.0 Å². The zero-order valence-electron chi connectivity index (χ0n) is 91.4. The van der Waals surface area contributed by atoms with Gasteiger partial charge >= 0.3 is 0 Å². The van der Waals surface area contributed by atoms with E-state index in [9.17, 15) is 18.0 Å². The highest BCUT2D eigenvalue weighted by molar-refractivity contribution is 7.88. The van der Waals surface area contributed by atoms with Gasteiger partial charge in [0, 0.05) is 186 Å². The van der Waals surface area contributed by atoms with Gasteiger partial charge in [0.15, 0.2) is 0 Å². The SMILES string of the molecule is CC(=O)N1CCN(c2ccc(C(C)(C)C)cc2)CC1.CC(C)(C)c1ccc(C2CCOCC2)cc1.CC(C)(C)c1ccc(N2CCN(S(C)(=O)=O)CC2)cc1.CC(C)(C)c1ccc(N2CCOCC2)c(Cl)c1.CC(C)(C)c1ccc(N2CCOCC2)cc1.CC(C)(C)c1cccc(C2CCOCC2)c1.CC(C)(C)c1cccc(N2CCOCC2)c1.CCC(=O)N1CCN(c2ccc(C(C)(C)C)cc2)CC1. The maximum absolute atomic E-state index is 11.7. The molecule has 8 aromatic carbocycles. The molecule has 0 atom stereocenters. The molecule has 0 saturated carbocycles. The predicted molar refractivity (Wildman–Crippen MR) is 593 cm³/mol. The van der Waals surface area contributed by atoms with E-state index in [4.69, 9.17) is 35.3 Å². The van der Waals surface area contributed by atoms with Crippen molar-refractivity contribution in [1.29, 1.82) is 0 Å². The number of rotatable bonds is 10. The number of benzene rings is 8. The van der Waals surface area contributed by atoms with Gasteiger partial charge in [-0.25, -0.2) is 8.42 Å². The van der Waals surface area contributed by atoms with E-state index in [1.165, 1.54) is 116 Å². The van der Waals surface area contributed by atoms with Crippen LogP contribution in [0.15, 0.2) is 188 Å². The maximum Gasteiger partial charge on any atom is 0.222 e. The number of anilines is 6. The van der Waals surface area contributed by atoms with Gasteiger partial charge < -0.3 is 62.9 Å². The lowest BCUT2D eigenvalue weighted by Crippen LogP contribution is -2.48. The van der Waals surface area contributed by atoms with Crippen LogP contribution in [0.5, 0.6) is 0 Å². The first kappa shape index (κ1) is 115. The van der Waals surface area contributed by atoms with Gasteiger partial charge in [-0.3, -0.25) is 9.59 Å². The summed E-state index contributed by atoms with van der Waals surface area (Å²) in [6.07, 6.45) is 6.59. The van der Waals surface area contributed by atoms with Crippen LogP contribution in [-0.4, -0.2) is 224 Å². The molecule has 772 valence electrons. The quantitative estimate of drug-likeness (QED) is 0.128. The highest BCUT2D eigenvalue weighted by atomic mass is 35.5. The number of amides is 2. The standard InChI is InChI=1S/C17H26N2O.C16H24N2O.C15H24N2O2S.2C15H22O.C14H20ClNO.2C14H21NO/c1-5-16(20)19-12-10-18(11-13-19)15-8-6-14(7-9-15)17(2,3)4;1-13(19)17-9-11-18(12-10-17)15-7-5-14(6-8-15)16(2,3)4;1-15(2,3)13-5-7-14(8-6-13)16-9-11-17(12-10-16)20(4,18)19;1-15(2,3)14-6-4-12(5-7-14)13-8-10-16-11-9-13;1-15(2,3)14-6-4-5-13(11-14)12-7-9-16-10-8-12;1-14(2,3)11-4-5-13(12(15)10-11)16-6-8-17-9-7-16;1-14(2,3)12-4-6-13(7-5-12)15-8-10-16-11-9-15;1-14(2,3)12-5-4-6-13(11-12)15-7-9-16-10-8-15/h6-9H,5,10-13H2,1-4H3;5-8H,9-12H2,1-4H3;5-8H,9-12H2,1-4H3;4-7,13H,8-11H2,1-3H3;4-6,11-12H,7-10H2,1-3H3;4-5,10H,6-9H2,1-3H3;4-7H,8-11H2,1-3H3;4-6,11H,7-10H2,1-3H3. The van der Waals surface area contributed by atoms with Crippen LogP contribution in [0.2, 0.25) is 5.02 Å². The molecule has 8 saturated heterocycles. The van der Waals surface area contributed by atoms with Gasteiger partial charge in [0.25, 0.3) is 0 Å². The minimum Gasteiger partial charge on any atom is -0.381 e. The summed E-state index contributed by atoms with van der Waals surface area (Å²) in [5.41, 5.74) is 23.1. The molecule has 0 aliphatic carbocycles. The minimum atomic E-state index is -3.05. The average molecular weight is 1960 g/mol. The largest absolute Gasteiger partial charge is 0.381 e. The molecule has 0 spiro atoms. The second-order valence-corrected chi connectivity index (χ2v) is 49.5. The molecule has 8 aliphatic heterocycles. The fraction of sp³-hybridized carbons (Fsp3) is 0.583. The van der Waals surface area contributed by atoms with Crippen molar-refractivity contribution in [1.82, 2.24) is 14.1 Å². The third-order valence-corrected chi connectivity index (χ3v) is 29.5. The molecule has 0 unspecified atom stereocenters. The van der Waals surface area contributed by atoms with Crippen LogP contribution in [-0.2, 0) is 86.6 Å². The van der Waals surface area contributed by atoms with Crippen LogP contribution < -0.4 is 29.4 Å². The molecule has 0 aromatic heterocycles. The lowest BCUT2D eigenvalue weighted by atomic mass is 9.83. The van der Waals surface area contributed by atoms with Crippen LogP contribution in [0.25, 0.3) is 0 Å². The molecule has 8 heterocycles. The van der Waals surface area contributed by atoms with E-state index in [1.807, 2.05) is 16.7 Å². The van der Waals surface area contributed by atoms with Gasteiger partial charge in [0.1, 0.15) is 0 Å². The minimum absolute atomic E-state index is 0.146. The number of sulfonamides is 1. The van der Waals surface area contributed by atoms with Gasteiger partial charge in [-0.1, -0.05) is 300 Å². The molecule has 8 aliphatic rings. The fourth-order valence-corrected chi connectivity index (χ4v) is 19.2. The van der Waals surface area contributed by atoms with Gasteiger partial charge in [0.05, 0.1) is 56.6 Å². The van der Waals surface area contributed by atoms with Gasteiger partial charge in [-0.05, 0) is 209 Å². The summed E-state index contributed by atoms with van der Waals surface area (Å²) in [5, 5.41) is 0.847. The van der Waals surface area contributed by atoms with Crippen molar-refractivity contribution in [3.63, 3.8) is 0 Å². The van der Waals surface area contributed by atoms with Crippen molar-refractivity contribution in [2.75, 3.05) is 220 Å². The lowest BCUT2D eigenvalue weighted by molar-refractivity contribution is -0.131. The lowest BCUT2D eigenvalue weighted by Gasteiger charge is -2.36. The summed E-state index contributed by atoms with van der Waals surface area (Å²) in [5.74, 6) is 1.87. The summed E-state index contributed by atoms with van der Waals surface area (Å²) in [6.45, 7) is 81.5. The van der Waals surface area contributed by atoms with Crippen LogP contribution >= 0.6 is 11.6 Å². The van der Waals surface area contributed by atoms with Gasteiger partial charge in [-0.2, -0.15) is 4.31 Å². The molecule has 0 N–H and O–H groups in total. The first-order chi connectivity index (χ1) is 65.7. The predicted octanol–water partition coefficient (Wildman–Crippen LogP) is 24.6. The second-order valence-electron chi connectivity index (χ2n) is 47.1. The number of hydrogen-bond acceptors (Lipinski definition) is 15.